The Balaban J connectivity index is 2.84. The van der Waals surface area contributed by atoms with Crippen molar-refractivity contribution in [3.63, 3.8) is 0 Å². The zero-order valence-electron chi connectivity index (χ0n) is 7.83. The maximum absolute atomic E-state index is 13.0. The molecule has 0 unspecified atom stereocenters. The van der Waals surface area contributed by atoms with Crippen LogP contribution in [0.2, 0.25) is 0 Å². The van der Waals surface area contributed by atoms with Gasteiger partial charge in [-0.2, -0.15) is 0 Å². The number of nitrogens with two attached hydrogens (primary N) is 2. The molecule has 0 fully saturated rings. The summed E-state index contributed by atoms with van der Waals surface area (Å²) < 4.78 is 17.8. The summed E-state index contributed by atoms with van der Waals surface area (Å²) in [6.07, 6.45) is 0. The third kappa shape index (κ3) is 2.62. The lowest BCUT2D eigenvalue weighted by atomic mass is 10.2. The zero-order valence-corrected chi connectivity index (χ0v) is 7.83. The molecule has 0 aliphatic rings. The topological polar surface area (TPSA) is 73.6 Å². The van der Waals surface area contributed by atoms with Crippen molar-refractivity contribution in [3.8, 4) is 5.75 Å². The van der Waals surface area contributed by atoms with Crippen molar-refractivity contribution < 1.29 is 9.13 Å². The number of benzene rings is 1. The lowest BCUT2D eigenvalue weighted by Crippen LogP contribution is -2.22. The van der Waals surface area contributed by atoms with E-state index >= 15 is 0 Å². The Bertz CT molecular complexity index is 348. The number of hydrogen-bond acceptors (Lipinski definition) is 2. The summed E-state index contributed by atoms with van der Waals surface area (Å²) in [4.78, 5) is 3.79. The number of hydrogen-bond donors (Lipinski definition) is 2. The molecule has 0 amide bonds. The number of methoxy groups -OCH3 is 1. The largest absolute Gasteiger partial charge is 0.494 e. The minimum atomic E-state index is -0.402. The van der Waals surface area contributed by atoms with Gasteiger partial charge >= 0.3 is 0 Å². The van der Waals surface area contributed by atoms with Crippen molar-refractivity contribution in [2.24, 2.45) is 16.5 Å². The first-order valence-corrected chi connectivity index (χ1v) is 4.01. The molecule has 5 heteroatoms. The van der Waals surface area contributed by atoms with Crippen LogP contribution in [0, 0.1) is 5.82 Å². The van der Waals surface area contributed by atoms with E-state index in [1.165, 1.54) is 13.2 Å². The van der Waals surface area contributed by atoms with E-state index in [9.17, 15) is 4.39 Å². The van der Waals surface area contributed by atoms with Gasteiger partial charge in [-0.3, -0.25) is 0 Å². The third-order valence-corrected chi connectivity index (χ3v) is 1.66. The van der Waals surface area contributed by atoms with Gasteiger partial charge in [0.15, 0.2) is 17.5 Å². The summed E-state index contributed by atoms with van der Waals surface area (Å²) in [7, 11) is 1.41. The van der Waals surface area contributed by atoms with Crippen LogP contribution < -0.4 is 16.2 Å². The van der Waals surface area contributed by atoms with Gasteiger partial charge in [-0.05, 0) is 17.7 Å². The molecule has 4 N–H and O–H groups in total. The monoisotopic (exact) mass is 197 g/mol. The van der Waals surface area contributed by atoms with Crippen LogP contribution >= 0.6 is 0 Å². The average molecular weight is 197 g/mol. The molecule has 1 aromatic rings. The number of aliphatic imine (C=N–C) groups is 1. The number of guanidine groups is 1. The lowest BCUT2D eigenvalue weighted by Gasteiger charge is -2.03. The molecular weight excluding hydrogens is 185 g/mol. The molecule has 0 spiro atoms. The zero-order chi connectivity index (χ0) is 10.6. The minimum absolute atomic E-state index is 0.00768. The molecule has 0 bridgehead atoms. The Morgan fingerprint density at radius 1 is 1.50 bits per heavy atom. The first-order chi connectivity index (χ1) is 6.63. The van der Waals surface area contributed by atoms with E-state index in [4.69, 9.17) is 16.2 Å². The molecule has 0 radical (unpaired) electrons. The van der Waals surface area contributed by atoms with Crippen LogP contribution in [0.3, 0.4) is 0 Å². The lowest BCUT2D eigenvalue weighted by molar-refractivity contribution is 0.386. The van der Waals surface area contributed by atoms with Crippen LogP contribution in [0.1, 0.15) is 5.56 Å². The highest BCUT2D eigenvalue weighted by molar-refractivity contribution is 5.75. The molecule has 4 nitrogen and oxygen atoms in total. The molecule has 0 atom stereocenters. The number of ether oxygens (including phenoxy) is 1. The Morgan fingerprint density at radius 3 is 2.79 bits per heavy atom. The van der Waals surface area contributed by atoms with Crippen LogP contribution in [0.5, 0.6) is 5.75 Å². The molecule has 1 aromatic carbocycles. The average Bonchev–Trinajstić information content (AvgIpc) is 2.16. The second-order valence-electron chi connectivity index (χ2n) is 2.71. The van der Waals surface area contributed by atoms with Crippen molar-refractivity contribution in [2.45, 2.75) is 6.54 Å². The smallest absolute Gasteiger partial charge is 0.186 e. The number of rotatable bonds is 3. The van der Waals surface area contributed by atoms with Gasteiger partial charge < -0.3 is 16.2 Å². The molecule has 0 aromatic heterocycles. The SMILES string of the molecule is COc1cc(CN=C(N)N)ccc1F. The second-order valence-corrected chi connectivity index (χ2v) is 2.71. The predicted molar refractivity (Wildman–Crippen MR) is 52.5 cm³/mol. The molecule has 14 heavy (non-hydrogen) atoms. The Hall–Kier alpha value is -1.78. The van der Waals surface area contributed by atoms with E-state index in [-0.39, 0.29) is 11.7 Å². The van der Waals surface area contributed by atoms with Crippen molar-refractivity contribution in [3.05, 3.63) is 29.6 Å². The quantitative estimate of drug-likeness (QED) is 0.550. The maximum atomic E-state index is 13.0. The molecule has 0 heterocycles. The van der Waals surface area contributed by atoms with Gasteiger partial charge in [0.25, 0.3) is 0 Å². The third-order valence-electron chi connectivity index (χ3n) is 1.66. The number of nitrogens with zero attached hydrogens (tertiary/aromatic N) is 1. The summed E-state index contributed by atoms with van der Waals surface area (Å²) in [6.45, 7) is 0.318. The van der Waals surface area contributed by atoms with Crippen molar-refractivity contribution >= 4 is 5.96 Å². The van der Waals surface area contributed by atoms with E-state index in [1.54, 1.807) is 12.1 Å². The fraction of sp³-hybridized carbons (Fsp3) is 0.222. The van der Waals surface area contributed by atoms with Crippen molar-refractivity contribution in [1.29, 1.82) is 0 Å². The second kappa shape index (κ2) is 4.45. The van der Waals surface area contributed by atoms with Gasteiger partial charge in [-0.15, -0.1) is 0 Å². The highest BCUT2D eigenvalue weighted by atomic mass is 19.1. The van der Waals surface area contributed by atoms with Crippen LogP contribution in [-0.4, -0.2) is 13.1 Å². The van der Waals surface area contributed by atoms with Crippen LogP contribution in [0.25, 0.3) is 0 Å². The first kappa shape index (κ1) is 10.3. The van der Waals surface area contributed by atoms with Gasteiger partial charge in [0, 0.05) is 0 Å². The van der Waals surface area contributed by atoms with Gasteiger partial charge in [0.1, 0.15) is 0 Å². The van der Waals surface area contributed by atoms with E-state index in [2.05, 4.69) is 4.99 Å². The van der Waals surface area contributed by atoms with Crippen LogP contribution in [0.15, 0.2) is 23.2 Å². The van der Waals surface area contributed by atoms with Gasteiger partial charge in [-0.25, -0.2) is 9.38 Å². The molecular formula is C9H12FN3O. The summed E-state index contributed by atoms with van der Waals surface area (Å²) in [5.74, 6) is -0.206. The highest BCUT2D eigenvalue weighted by Gasteiger charge is 2.02. The van der Waals surface area contributed by atoms with Crippen LogP contribution in [-0.2, 0) is 6.54 Å². The highest BCUT2D eigenvalue weighted by Crippen LogP contribution is 2.18. The molecule has 0 saturated carbocycles. The molecule has 0 aliphatic carbocycles. The normalized spacial score (nSPS) is 9.57. The predicted octanol–water partition coefficient (Wildman–Crippen LogP) is 0.608. The molecule has 76 valence electrons. The molecule has 0 saturated heterocycles. The minimum Gasteiger partial charge on any atom is -0.494 e. The molecule has 0 aliphatic heterocycles. The Kier molecular flexibility index (Phi) is 3.28. The van der Waals surface area contributed by atoms with Crippen LogP contribution in [0.4, 0.5) is 4.39 Å². The van der Waals surface area contributed by atoms with E-state index in [0.29, 0.717) is 6.54 Å². The van der Waals surface area contributed by atoms with E-state index < -0.39 is 5.82 Å². The fourth-order valence-electron chi connectivity index (χ4n) is 0.985. The first-order valence-electron chi connectivity index (χ1n) is 4.01. The van der Waals surface area contributed by atoms with Gasteiger partial charge in [0.2, 0.25) is 0 Å². The van der Waals surface area contributed by atoms with Gasteiger partial charge in [-0.1, -0.05) is 6.07 Å². The van der Waals surface area contributed by atoms with E-state index in [1.807, 2.05) is 0 Å². The Morgan fingerprint density at radius 2 is 2.21 bits per heavy atom. The number of halogens is 1. The van der Waals surface area contributed by atoms with Crippen molar-refractivity contribution in [1.82, 2.24) is 0 Å². The summed E-state index contributed by atoms with van der Waals surface area (Å²) in [5.41, 5.74) is 11.1. The van der Waals surface area contributed by atoms with Gasteiger partial charge in [0.05, 0.1) is 13.7 Å². The summed E-state index contributed by atoms with van der Waals surface area (Å²) in [5, 5.41) is 0. The van der Waals surface area contributed by atoms with E-state index in [0.717, 1.165) is 5.56 Å². The molecule has 1 rings (SSSR count). The summed E-state index contributed by atoms with van der Waals surface area (Å²) >= 11 is 0. The standard InChI is InChI=1S/C9H12FN3O/c1-14-8-4-6(2-3-7(8)10)5-13-9(11)12/h2-4H,5H2,1H3,(H4,11,12,13). The summed E-state index contributed by atoms with van der Waals surface area (Å²) in [6, 6.07) is 4.47. The maximum Gasteiger partial charge on any atom is 0.186 e. The Labute approximate surface area is 81.4 Å². The fourth-order valence-corrected chi connectivity index (χ4v) is 0.985. The van der Waals surface area contributed by atoms with Crippen molar-refractivity contribution in [2.75, 3.05) is 7.11 Å².